The standard InChI is InChI=1S/C14H13F3N2O3/c1-2-22-12(21)13(18,14(15,16)17)10-6-19-11-4-3-8(7-20)5-9(10)11/h3-7,19H,2,18H2,1H3/t13-/m0/s1. The van der Waals surface area contributed by atoms with Crippen molar-refractivity contribution in [3.63, 3.8) is 0 Å². The van der Waals surface area contributed by atoms with Gasteiger partial charge >= 0.3 is 12.1 Å². The fourth-order valence-electron chi connectivity index (χ4n) is 2.16. The maximum Gasteiger partial charge on any atom is 0.421 e. The van der Waals surface area contributed by atoms with Crippen LogP contribution in [-0.2, 0) is 15.1 Å². The molecule has 0 aliphatic heterocycles. The predicted molar refractivity (Wildman–Crippen MR) is 72.2 cm³/mol. The van der Waals surface area contributed by atoms with E-state index in [2.05, 4.69) is 9.72 Å². The summed E-state index contributed by atoms with van der Waals surface area (Å²) in [4.78, 5) is 25.3. The maximum absolute atomic E-state index is 13.4. The minimum Gasteiger partial charge on any atom is -0.464 e. The molecule has 0 saturated carbocycles. The summed E-state index contributed by atoms with van der Waals surface area (Å²) in [6.45, 7) is 1.14. The summed E-state index contributed by atoms with van der Waals surface area (Å²) in [5, 5.41) is 0.0393. The molecule has 1 aromatic heterocycles. The van der Waals surface area contributed by atoms with Crippen LogP contribution in [0.15, 0.2) is 24.4 Å². The number of halogens is 3. The van der Waals surface area contributed by atoms with Gasteiger partial charge in [0.15, 0.2) is 0 Å². The highest BCUT2D eigenvalue weighted by molar-refractivity contribution is 5.95. The second-order valence-corrected chi connectivity index (χ2v) is 4.65. The van der Waals surface area contributed by atoms with Gasteiger partial charge in [0.25, 0.3) is 0 Å². The number of rotatable bonds is 4. The third-order valence-electron chi connectivity index (χ3n) is 3.31. The molecule has 2 rings (SSSR count). The number of esters is 1. The Balaban J connectivity index is 2.72. The van der Waals surface area contributed by atoms with Gasteiger partial charge in [-0.15, -0.1) is 0 Å². The fraction of sp³-hybridized carbons (Fsp3) is 0.286. The number of carbonyl (C=O) groups excluding carboxylic acids is 2. The van der Waals surface area contributed by atoms with Crippen molar-refractivity contribution in [3.05, 3.63) is 35.5 Å². The van der Waals surface area contributed by atoms with Crippen LogP contribution < -0.4 is 5.73 Å². The second kappa shape index (κ2) is 5.45. The van der Waals surface area contributed by atoms with Gasteiger partial charge in [0.2, 0.25) is 5.54 Å². The lowest BCUT2D eigenvalue weighted by molar-refractivity contribution is -0.208. The number of H-pyrrole nitrogens is 1. The molecule has 1 heterocycles. The highest BCUT2D eigenvalue weighted by atomic mass is 19.4. The van der Waals surface area contributed by atoms with E-state index < -0.39 is 23.2 Å². The summed E-state index contributed by atoms with van der Waals surface area (Å²) in [7, 11) is 0. The number of benzene rings is 1. The molecule has 22 heavy (non-hydrogen) atoms. The van der Waals surface area contributed by atoms with Crippen LogP contribution in [0.5, 0.6) is 0 Å². The van der Waals surface area contributed by atoms with Gasteiger partial charge < -0.3 is 15.5 Å². The number of hydrogen-bond donors (Lipinski definition) is 2. The lowest BCUT2D eigenvalue weighted by Gasteiger charge is -2.29. The lowest BCUT2D eigenvalue weighted by atomic mass is 9.89. The van der Waals surface area contributed by atoms with E-state index in [4.69, 9.17) is 5.73 Å². The fourth-order valence-corrected chi connectivity index (χ4v) is 2.16. The first-order valence-corrected chi connectivity index (χ1v) is 6.35. The molecule has 3 N–H and O–H groups in total. The Morgan fingerprint density at radius 1 is 1.41 bits per heavy atom. The predicted octanol–water partition coefficient (Wildman–Crippen LogP) is 2.26. The number of carbonyl (C=O) groups is 2. The molecule has 0 fully saturated rings. The van der Waals surface area contributed by atoms with Crippen molar-refractivity contribution in [1.82, 2.24) is 4.98 Å². The topological polar surface area (TPSA) is 85.2 Å². The largest absolute Gasteiger partial charge is 0.464 e. The number of aromatic amines is 1. The first-order chi connectivity index (χ1) is 10.3. The Labute approximate surface area is 123 Å². The molecule has 0 aliphatic rings. The minimum atomic E-state index is -5.06. The zero-order valence-corrected chi connectivity index (χ0v) is 11.5. The van der Waals surface area contributed by atoms with Crippen molar-refractivity contribution < 1.29 is 27.5 Å². The molecule has 0 radical (unpaired) electrons. The molecule has 0 saturated heterocycles. The lowest BCUT2D eigenvalue weighted by Crippen LogP contribution is -2.57. The highest BCUT2D eigenvalue weighted by Crippen LogP contribution is 2.41. The number of ether oxygens (including phenoxy) is 1. The van der Waals surface area contributed by atoms with E-state index in [1.165, 1.54) is 25.1 Å². The third kappa shape index (κ3) is 2.35. The Morgan fingerprint density at radius 3 is 2.64 bits per heavy atom. The van der Waals surface area contributed by atoms with Crippen molar-refractivity contribution in [3.8, 4) is 0 Å². The number of alkyl halides is 3. The summed E-state index contributed by atoms with van der Waals surface area (Å²) < 4.78 is 44.8. The SMILES string of the molecule is CCOC(=O)[C@@](N)(c1c[nH]c2ccc(C=O)cc12)C(F)(F)F. The van der Waals surface area contributed by atoms with Crippen LogP contribution in [0.25, 0.3) is 10.9 Å². The Hall–Kier alpha value is -2.35. The van der Waals surface area contributed by atoms with Gasteiger partial charge in [-0.1, -0.05) is 0 Å². The van der Waals surface area contributed by atoms with E-state index in [9.17, 15) is 22.8 Å². The number of hydrogen-bond acceptors (Lipinski definition) is 4. The highest BCUT2D eigenvalue weighted by Gasteiger charge is 2.61. The Morgan fingerprint density at radius 2 is 2.09 bits per heavy atom. The average molecular weight is 314 g/mol. The van der Waals surface area contributed by atoms with Gasteiger partial charge in [-0.2, -0.15) is 13.2 Å². The van der Waals surface area contributed by atoms with Gasteiger partial charge in [0, 0.05) is 28.2 Å². The molecule has 118 valence electrons. The van der Waals surface area contributed by atoms with Crippen molar-refractivity contribution >= 4 is 23.2 Å². The molecule has 0 amide bonds. The van der Waals surface area contributed by atoms with Gasteiger partial charge in [-0.3, -0.25) is 4.79 Å². The van der Waals surface area contributed by atoms with E-state index in [0.29, 0.717) is 11.8 Å². The third-order valence-corrected chi connectivity index (χ3v) is 3.31. The molecular weight excluding hydrogens is 301 g/mol. The number of fused-ring (bicyclic) bond motifs is 1. The zero-order chi connectivity index (χ0) is 16.5. The number of aldehydes is 1. The summed E-state index contributed by atoms with van der Waals surface area (Å²) >= 11 is 0. The molecule has 0 spiro atoms. The zero-order valence-electron chi connectivity index (χ0n) is 11.5. The minimum absolute atomic E-state index is 0.0393. The summed E-state index contributed by atoms with van der Waals surface area (Å²) in [6.07, 6.45) is -3.57. The van der Waals surface area contributed by atoms with Gasteiger partial charge in [0.1, 0.15) is 6.29 Å². The summed E-state index contributed by atoms with van der Waals surface area (Å²) in [5.41, 5.74) is 2.11. The Kier molecular flexibility index (Phi) is 3.97. The molecular formula is C14H13F3N2O3. The van der Waals surface area contributed by atoms with Crippen LogP contribution in [0.1, 0.15) is 22.8 Å². The van der Waals surface area contributed by atoms with E-state index in [1.807, 2.05) is 0 Å². The van der Waals surface area contributed by atoms with Gasteiger partial charge in [0.05, 0.1) is 6.61 Å². The average Bonchev–Trinajstić information content (AvgIpc) is 2.88. The molecule has 8 heteroatoms. The molecule has 1 aromatic carbocycles. The summed E-state index contributed by atoms with van der Waals surface area (Å²) in [5.74, 6) is -1.60. The smallest absolute Gasteiger partial charge is 0.421 e. The van der Waals surface area contributed by atoms with Crippen LogP contribution in [-0.4, -0.2) is 30.0 Å². The molecule has 0 unspecified atom stereocenters. The maximum atomic E-state index is 13.4. The van der Waals surface area contributed by atoms with Crippen LogP contribution in [0.4, 0.5) is 13.2 Å². The number of nitrogens with two attached hydrogens (primary N) is 1. The first kappa shape index (κ1) is 16.0. The van der Waals surface area contributed by atoms with Crippen molar-refractivity contribution in [2.24, 2.45) is 5.73 Å². The van der Waals surface area contributed by atoms with Crippen molar-refractivity contribution in [2.45, 2.75) is 18.6 Å². The van der Waals surface area contributed by atoms with Crippen molar-refractivity contribution in [2.75, 3.05) is 6.61 Å². The quantitative estimate of drug-likeness (QED) is 0.669. The molecule has 5 nitrogen and oxygen atoms in total. The molecule has 1 atom stereocenters. The molecule has 0 bridgehead atoms. The molecule has 2 aromatic rings. The van der Waals surface area contributed by atoms with Crippen molar-refractivity contribution in [1.29, 1.82) is 0 Å². The van der Waals surface area contributed by atoms with Crippen LogP contribution >= 0.6 is 0 Å². The van der Waals surface area contributed by atoms with Gasteiger partial charge in [-0.05, 0) is 25.1 Å². The first-order valence-electron chi connectivity index (χ1n) is 6.35. The second-order valence-electron chi connectivity index (χ2n) is 4.65. The van der Waals surface area contributed by atoms with E-state index in [1.54, 1.807) is 0 Å². The van der Waals surface area contributed by atoms with Crippen LogP contribution in [0.2, 0.25) is 0 Å². The van der Waals surface area contributed by atoms with E-state index in [-0.39, 0.29) is 17.6 Å². The Bertz CT molecular complexity index is 724. The number of aromatic nitrogens is 1. The van der Waals surface area contributed by atoms with E-state index in [0.717, 1.165) is 6.20 Å². The van der Waals surface area contributed by atoms with E-state index >= 15 is 0 Å². The number of nitrogens with one attached hydrogen (secondary N) is 1. The molecule has 0 aliphatic carbocycles. The van der Waals surface area contributed by atoms with Crippen LogP contribution in [0, 0.1) is 0 Å². The van der Waals surface area contributed by atoms with Gasteiger partial charge in [-0.25, -0.2) is 4.79 Å². The summed E-state index contributed by atoms with van der Waals surface area (Å²) in [6, 6.07) is 4.11. The monoisotopic (exact) mass is 314 g/mol. The normalized spacial score (nSPS) is 14.6. The van der Waals surface area contributed by atoms with Crippen LogP contribution in [0.3, 0.4) is 0 Å².